The Hall–Kier alpha value is -2.42. The molecule has 1 N–H and O–H groups in total. The zero-order chi connectivity index (χ0) is 18.2. The fourth-order valence-electron chi connectivity index (χ4n) is 2.49. The quantitative estimate of drug-likeness (QED) is 0.598. The van der Waals surface area contributed by atoms with Crippen LogP contribution < -0.4 is 0 Å². The molecule has 1 heterocycles. The van der Waals surface area contributed by atoms with E-state index >= 15 is 0 Å². The van der Waals surface area contributed by atoms with E-state index in [0.717, 1.165) is 28.0 Å². The second-order valence-corrected chi connectivity index (χ2v) is 6.50. The smallest absolute Gasteiger partial charge is 0.163 e. The number of nitrogens with zero attached hydrogens (tertiary/aromatic N) is 1. The molecule has 0 saturated heterocycles. The Morgan fingerprint density at radius 1 is 1.00 bits per heavy atom. The van der Waals surface area contributed by atoms with Crippen LogP contribution in [0.3, 0.4) is 0 Å². The third kappa shape index (κ3) is 5.56. The van der Waals surface area contributed by atoms with E-state index in [4.69, 9.17) is 0 Å². The van der Waals surface area contributed by atoms with Crippen LogP contribution in [0.4, 0.5) is 0 Å². The lowest BCUT2D eigenvalue weighted by molar-refractivity contribution is 0.0982. The maximum absolute atomic E-state index is 12.2. The van der Waals surface area contributed by atoms with Crippen molar-refractivity contribution in [2.24, 2.45) is 0 Å². The Morgan fingerprint density at radius 3 is 2.40 bits per heavy atom. The van der Waals surface area contributed by atoms with Crippen LogP contribution in [0, 0.1) is 13.8 Å². The molecular weight excluding hydrogens is 308 g/mol. The standard InChI is InChI=1S/C18H18N2O.C4H10/c1-12-4-3-5-14(10-12)17(21)8-9-18-19-15-7-6-13(2)11-16(15)20-18;1-3-4-2/h3-7,10-11H,8-9H2,1-2H3,(H,19,20);3-4H2,1-2H3. The Balaban J connectivity index is 0.000000511. The molecule has 0 radical (unpaired) electrons. The normalized spacial score (nSPS) is 10.4. The third-order valence-corrected chi connectivity index (χ3v) is 4.12. The molecule has 3 heteroatoms. The van der Waals surface area contributed by atoms with E-state index < -0.39 is 0 Å². The van der Waals surface area contributed by atoms with Gasteiger partial charge in [-0.25, -0.2) is 4.98 Å². The molecule has 0 fully saturated rings. The van der Waals surface area contributed by atoms with E-state index in [1.807, 2.05) is 43.3 Å². The lowest BCUT2D eigenvalue weighted by atomic mass is 10.0. The highest BCUT2D eigenvalue weighted by molar-refractivity contribution is 5.96. The largest absolute Gasteiger partial charge is 0.342 e. The van der Waals surface area contributed by atoms with Gasteiger partial charge in [0.2, 0.25) is 0 Å². The van der Waals surface area contributed by atoms with E-state index in [2.05, 4.69) is 36.8 Å². The van der Waals surface area contributed by atoms with Gasteiger partial charge in [-0.15, -0.1) is 0 Å². The van der Waals surface area contributed by atoms with Crippen LogP contribution in [0.15, 0.2) is 42.5 Å². The number of rotatable bonds is 5. The summed E-state index contributed by atoms with van der Waals surface area (Å²) in [6, 6.07) is 13.9. The van der Waals surface area contributed by atoms with Gasteiger partial charge in [-0.3, -0.25) is 4.79 Å². The van der Waals surface area contributed by atoms with Gasteiger partial charge in [-0.05, 0) is 37.6 Å². The number of hydrogen-bond donors (Lipinski definition) is 1. The molecule has 0 spiro atoms. The zero-order valence-corrected chi connectivity index (χ0v) is 15.7. The van der Waals surface area contributed by atoms with E-state index in [1.165, 1.54) is 18.4 Å². The summed E-state index contributed by atoms with van der Waals surface area (Å²) in [4.78, 5) is 20.0. The molecule has 25 heavy (non-hydrogen) atoms. The zero-order valence-electron chi connectivity index (χ0n) is 15.7. The topological polar surface area (TPSA) is 45.8 Å². The first-order valence-corrected chi connectivity index (χ1v) is 9.08. The summed E-state index contributed by atoms with van der Waals surface area (Å²) < 4.78 is 0. The van der Waals surface area contributed by atoms with Gasteiger partial charge in [-0.2, -0.15) is 0 Å². The van der Waals surface area contributed by atoms with E-state index in [0.29, 0.717) is 12.8 Å². The second-order valence-electron chi connectivity index (χ2n) is 6.50. The number of fused-ring (bicyclic) bond motifs is 1. The molecule has 0 aliphatic heterocycles. The highest BCUT2D eigenvalue weighted by Crippen LogP contribution is 2.15. The number of aromatic amines is 1. The van der Waals surface area contributed by atoms with Crippen molar-refractivity contribution in [3.8, 4) is 0 Å². The number of H-pyrrole nitrogens is 1. The maximum atomic E-state index is 12.2. The average Bonchev–Trinajstić information content (AvgIpc) is 3.01. The lowest BCUT2D eigenvalue weighted by Gasteiger charge is -2.01. The highest BCUT2D eigenvalue weighted by Gasteiger charge is 2.09. The van der Waals surface area contributed by atoms with Gasteiger partial charge in [0.1, 0.15) is 5.82 Å². The van der Waals surface area contributed by atoms with Crippen molar-refractivity contribution >= 4 is 16.8 Å². The molecule has 3 aromatic rings. The molecule has 0 atom stereocenters. The van der Waals surface area contributed by atoms with Gasteiger partial charge in [0, 0.05) is 18.4 Å². The molecule has 0 bridgehead atoms. The van der Waals surface area contributed by atoms with Crippen molar-refractivity contribution < 1.29 is 4.79 Å². The first-order valence-electron chi connectivity index (χ1n) is 9.08. The number of carbonyl (C=O) groups is 1. The van der Waals surface area contributed by atoms with Gasteiger partial charge in [0.05, 0.1) is 11.0 Å². The molecule has 0 amide bonds. The number of aryl methyl sites for hydroxylation is 3. The number of carbonyl (C=O) groups excluding carboxylic acids is 1. The van der Waals surface area contributed by atoms with Gasteiger partial charge in [0.15, 0.2) is 5.78 Å². The summed E-state index contributed by atoms with van der Waals surface area (Å²) in [6.45, 7) is 8.42. The van der Waals surface area contributed by atoms with Crippen LogP contribution >= 0.6 is 0 Å². The minimum absolute atomic E-state index is 0.162. The van der Waals surface area contributed by atoms with Crippen LogP contribution in [0.1, 0.15) is 60.4 Å². The summed E-state index contributed by atoms with van der Waals surface area (Å²) in [5.41, 5.74) is 5.09. The van der Waals surface area contributed by atoms with Crippen molar-refractivity contribution in [1.29, 1.82) is 0 Å². The second kappa shape index (κ2) is 9.16. The minimum Gasteiger partial charge on any atom is -0.342 e. The fourth-order valence-corrected chi connectivity index (χ4v) is 2.49. The summed E-state index contributed by atoms with van der Waals surface area (Å²) >= 11 is 0. The molecule has 0 saturated carbocycles. The van der Waals surface area contributed by atoms with Gasteiger partial charge < -0.3 is 4.98 Å². The van der Waals surface area contributed by atoms with Crippen molar-refractivity contribution in [1.82, 2.24) is 9.97 Å². The molecule has 0 unspecified atom stereocenters. The minimum atomic E-state index is 0.162. The number of nitrogens with one attached hydrogen (secondary N) is 1. The number of benzene rings is 2. The maximum Gasteiger partial charge on any atom is 0.163 e. The highest BCUT2D eigenvalue weighted by atomic mass is 16.1. The number of imidazole rings is 1. The molecular formula is C22H28N2O. The first-order chi connectivity index (χ1) is 12.0. The summed E-state index contributed by atoms with van der Waals surface area (Å²) in [7, 11) is 0. The SMILES string of the molecule is CCCC.Cc1cccc(C(=O)CCc2nc3ccc(C)cc3[nH]2)c1. The number of unbranched alkanes of at least 4 members (excludes halogenated alkanes) is 1. The predicted molar refractivity (Wildman–Crippen MR) is 105 cm³/mol. The van der Waals surface area contributed by atoms with Crippen molar-refractivity contribution in [3.63, 3.8) is 0 Å². The van der Waals surface area contributed by atoms with Crippen LogP contribution in [-0.2, 0) is 6.42 Å². The molecule has 3 rings (SSSR count). The van der Waals surface area contributed by atoms with E-state index in [9.17, 15) is 4.79 Å². The monoisotopic (exact) mass is 336 g/mol. The Kier molecular flexibility index (Phi) is 6.93. The summed E-state index contributed by atoms with van der Waals surface area (Å²) in [6.07, 6.45) is 3.75. The molecule has 2 aromatic carbocycles. The summed E-state index contributed by atoms with van der Waals surface area (Å²) in [5.74, 6) is 1.03. The third-order valence-electron chi connectivity index (χ3n) is 4.12. The van der Waals surface area contributed by atoms with Crippen LogP contribution in [0.25, 0.3) is 11.0 Å². The molecule has 0 aliphatic rings. The van der Waals surface area contributed by atoms with Crippen molar-refractivity contribution in [2.45, 2.75) is 53.4 Å². The molecule has 0 aliphatic carbocycles. The molecule has 132 valence electrons. The number of ketones is 1. The number of aromatic nitrogens is 2. The average molecular weight is 336 g/mol. The number of Topliss-reactive ketones (excluding diaryl/α,β-unsaturated/α-hetero) is 1. The van der Waals surface area contributed by atoms with Crippen LogP contribution in [0.2, 0.25) is 0 Å². The summed E-state index contributed by atoms with van der Waals surface area (Å²) in [5, 5.41) is 0. The predicted octanol–water partition coefficient (Wildman–Crippen LogP) is 5.80. The van der Waals surface area contributed by atoms with Crippen LogP contribution in [-0.4, -0.2) is 15.8 Å². The van der Waals surface area contributed by atoms with Crippen LogP contribution in [0.5, 0.6) is 0 Å². The molecule has 3 nitrogen and oxygen atoms in total. The number of hydrogen-bond acceptors (Lipinski definition) is 2. The molecule has 1 aromatic heterocycles. The Labute approximate surface area is 150 Å². The van der Waals surface area contributed by atoms with E-state index in [-0.39, 0.29) is 5.78 Å². The van der Waals surface area contributed by atoms with Crippen molar-refractivity contribution in [2.75, 3.05) is 0 Å². The first kappa shape index (κ1) is 18.9. The van der Waals surface area contributed by atoms with Crippen molar-refractivity contribution in [3.05, 3.63) is 65.0 Å². The lowest BCUT2D eigenvalue weighted by Crippen LogP contribution is -2.02. The van der Waals surface area contributed by atoms with Gasteiger partial charge in [-0.1, -0.05) is 56.5 Å². The fraction of sp³-hybridized carbons (Fsp3) is 0.364. The Bertz CT molecular complexity index is 831. The van der Waals surface area contributed by atoms with Gasteiger partial charge in [0.25, 0.3) is 0 Å². The van der Waals surface area contributed by atoms with Gasteiger partial charge >= 0.3 is 0 Å². The van der Waals surface area contributed by atoms with E-state index in [1.54, 1.807) is 0 Å². The Morgan fingerprint density at radius 2 is 1.72 bits per heavy atom.